The van der Waals surface area contributed by atoms with E-state index in [2.05, 4.69) is 41.5 Å². The van der Waals surface area contributed by atoms with Crippen molar-refractivity contribution < 1.29 is 19.0 Å². The van der Waals surface area contributed by atoms with E-state index < -0.39 is 0 Å². The number of thioether (sulfide) groups is 1. The molecule has 33 heavy (non-hydrogen) atoms. The number of nitrogens with zero attached hydrogens (tertiary/aromatic N) is 3. The van der Waals surface area contributed by atoms with E-state index in [1.165, 1.54) is 16.4 Å². The van der Waals surface area contributed by atoms with Gasteiger partial charge in [0.25, 0.3) is 0 Å². The fourth-order valence-corrected chi connectivity index (χ4v) is 4.14. The Bertz CT molecular complexity index is 1150. The van der Waals surface area contributed by atoms with E-state index in [4.69, 9.17) is 20.1 Å². The van der Waals surface area contributed by atoms with E-state index in [1.807, 2.05) is 13.0 Å². The van der Waals surface area contributed by atoms with Gasteiger partial charge >= 0.3 is 0 Å². The molecule has 0 saturated carbocycles. The lowest BCUT2D eigenvalue weighted by molar-refractivity contribution is -0.115. The molecule has 0 radical (unpaired) electrons. The number of aryl methyl sites for hydroxylation is 1. The number of ether oxygens (including phenoxy) is 3. The molecule has 9 nitrogen and oxygen atoms in total. The number of nitrogens with two attached hydrogens (primary N) is 1. The molecule has 0 bridgehead atoms. The van der Waals surface area contributed by atoms with Crippen molar-refractivity contribution in [1.82, 2.24) is 14.9 Å². The molecule has 0 unspecified atom stereocenters. The van der Waals surface area contributed by atoms with Crippen LogP contribution in [0.4, 0.5) is 5.69 Å². The molecule has 10 heteroatoms. The Morgan fingerprint density at radius 3 is 2.85 bits per heavy atom. The van der Waals surface area contributed by atoms with Gasteiger partial charge in [0, 0.05) is 23.9 Å². The molecule has 0 spiro atoms. The zero-order valence-corrected chi connectivity index (χ0v) is 19.6. The van der Waals surface area contributed by atoms with Crippen LogP contribution in [-0.2, 0) is 11.4 Å². The highest BCUT2D eigenvalue weighted by Gasteiger charge is 2.16. The summed E-state index contributed by atoms with van der Waals surface area (Å²) in [5.74, 6) is 9.51. The number of benzene rings is 2. The lowest BCUT2D eigenvalue weighted by Crippen LogP contribution is -2.17. The molecule has 3 aromatic rings. The van der Waals surface area contributed by atoms with Crippen LogP contribution >= 0.6 is 11.8 Å². The maximum absolute atomic E-state index is 12.3. The Balaban J connectivity index is 1.28. The molecule has 0 atom stereocenters. The smallest absolute Gasteiger partial charge is 0.231 e. The zero-order valence-electron chi connectivity index (χ0n) is 18.8. The van der Waals surface area contributed by atoms with Crippen molar-refractivity contribution >= 4 is 23.4 Å². The Kier molecular flexibility index (Phi) is 6.93. The molecule has 3 N–H and O–H groups in total. The monoisotopic (exact) mass is 469 g/mol. The van der Waals surface area contributed by atoms with Crippen molar-refractivity contribution in [1.29, 1.82) is 0 Å². The first-order chi connectivity index (χ1) is 15.9. The number of aromatic nitrogens is 3. The number of rotatable bonds is 9. The highest BCUT2D eigenvalue weighted by Crippen LogP contribution is 2.34. The second-order valence-electron chi connectivity index (χ2n) is 7.97. The lowest BCUT2D eigenvalue weighted by atomic mass is 10.0. The number of nitrogens with one attached hydrogen (secondary N) is 1. The number of hydrogen-bond acceptors (Lipinski definition) is 8. The molecular weight excluding hydrogens is 442 g/mol. The summed E-state index contributed by atoms with van der Waals surface area (Å²) in [5, 5.41) is 11.7. The summed E-state index contributed by atoms with van der Waals surface area (Å²) in [4.78, 5) is 12.3. The summed E-state index contributed by atoms with van der Waals surface area (Å²) < 4.78 is 18.0. The number of fused-ring (bicyclic) bond motifs is 1. The molecule has 0 aliphatic carbocycles. The van der Waals surface area contributed by atoms with E-state index >= 15 is 0 Å². The summed E-state index contributed by atoms with van der Waals surface area (Å²) in [6.07, 6.45) is 0.291. The maximum atomic E-state index is 12.3. The number of anilines is 1. The molecule has 1 aliphatic rings. The number of carbonyl (C=O) groups excluding carboxylic acids is 1. The Hall–Kier alpha value is -3.40. The highest BCUT2D eigenvalue weighted by molar-refractivity contribution is 7.99. The van der Waals surface area contributed by atoms with Gasteiger partial charge < -0.3 is 25.4 Å². The minimum absolute atomic E-state index is 0.117. The van der Waals surface area contributed by atoms with Crippen molar-refractivity contribution in [3.05, 3.63) is 53.3 Å². The first-order valence-electron chi connectivity index (χ1n) is 10.7. The van der Waals surface area contributed by atoms with Gasteiger partial charge in [0.15, 0.2) is 17.3 Å². The van der Waals surface area contributed by atoms with Gasteiger partial charge in [-0.25, -0.2) is 4.68 Å². The normalized spacial score (nSPS) is 12.2. The van der Waals surface area contributed by atoms with Crippen molar-refractivity contribution in [2.24, 2.45) is 0 Å². The summed E-state index contributed by atoms with van der Waals surface area (Å²) in [6, 6.07) is 11.5. The Morgan fingerprint density at radius 2 is 2.03 bits per heavy atom. The fourth-order valence-electron chi connectivity index (χ4n) is 3.32. The van der Waals surface area contributed by atoms with Gasteiger partial charge in [-0.15, -0.1) is 10.2 Å². The van der Waals surface area contributed by atoms with Gasteiger partial charge in [0.05, 0.1) is 0 Å². The second kappa shape index (κ2) is 10.0. The van der Waals surface area contributed by atoms with Gasteiger partial charge in [-0.2, -0.15) is 0 Å². The molecule has 1 aliphatic heterocycles. The molecule has 0 fully saturated rings. The van der Waals surface area contributed by atoms with Gasteiger partial charge in [-0.1, -0.05) is 37.7 Å². The van der Waals surface area contributed by atoms with Crippen molar-refractivity contribution in [3.8, 4) is 17.2 Å². The highest BCUT2D eigenvalue weighted by atomic mass is 32.2. The molecule has 1 aromatic heterocycles. The number of hydrogen-bond donors (Lipinski definition) is 2. The van der Waals surface area contributed by atoms with Crippen molar-refractivity contribution in [2.75, 3.05) is 23.7 Å². The minimum Gasteiger partial charge on any atom is -0.485 e. The van der Waals surface area contributed by atoms with Crippen LogP contribution < -0.4 is 25.4 Å². The van der Waals surface area contributed by atoms with E-state index in [0.29, 0.717) is 46.3 Å². The van der Waals surface area contributed by atoms with Crippen LogP contribution in [0.3, 0.4) is 0 Å². The number of carbonyl (C=O) groups is 1. The largest absolute Gasteiger partial charge is 0.485 e. The third kappa shape index (κ3) is 5.51. The van der Waals surface area contributed by atoms with Crippen LogP contribution in [0.25, 0.3) is 0 Å². The van der Waals surface area contributed by atoms with Crippen molar-refractivity contribution in [3.63, 3.8) is 0 Å². The van der Waals surface area contributed by atoms with Crippen LogP contribution in [0.15, 0.2) is 41.6 Å². The fraction of sp³-hybridized carbons (Fsp3) is 0.348. The summed E-state index contributed by atoms with van der Waals surface area (Å²) >= 11 is 1.36. The zero-order chi connectivity index (χ0) is 23.4. The van der Waals surface area contributed by atoms with E-state index in [1.54, 1.807) is 18.2 Å². The summed E-state index contributed by atoms with van der Waals surface area (Å²) in [7, 11) is 0. The third-order valence-corrected chi connectivity index (χ3v) is 6.04. The van der Waals surface area contributed by atoms with E-state index in [9.17, 15) is 4.79 Å². The molecular formula is C23H27N5O4S. The lowest BCUT2D eigenvalue weighted by Gasteiger charge is -2.14. The molecule has 1 amide bonds. The van der Waals surface area contributed by atoms with Crippen LogP contribution in [0.2, 0.25) is 0 Å². The standard InChI is InChI=1S/C23H27N5O4S/c1-14(2)17-6-4-15(3)10-19(17)30-12-21-26-27-23(28(21)24)33-9-8-22(29)25-16-5-7-18-20(11-16)32-13-31-18/h4-7,10-11,14H,8-9,12-13,24H2,1-3H3,(H,25,29). The predicted molar refractivity (Wildman–Crippen MR) is 126 cm³/mol. The number of amides is 1. The third-order valence-electron chi connectivity index (χ3n) is 5.10. The van der Waals surface area contributed by atoms with Gasteiger partial charge in [0.1, 0.15) is 12.4 Å². The number of nitrogen functional groups attached to an aromatic ring is 1. The second-order valence-corrected chi connectivity index (χ2v) is 9.03. The average Bonchev–Trinajstić information content (AvgIpc) is 3.38. The average molecular weight is 470 g/mol. The molecule has 4 rings (SSSR count). The first kappa shape index (κ1) is 22.8. The van der Waals surface area contributed by atoms with Crippen LogP contribution in [0.5, 0.6) is 17.2 Å². The summed E-state index contributed by atoms with van der Waals surface area (Å²) in [5.41, 5.74) is 2.92. The SMILES string of the molecule is Cc1ccc(C(C)C)c(OCc2nnc(SCCC(=O)Nc3ccc4c(c3)OCO4)n2N)c1. The van der Waals surface area contributed by atoms with Crippen LogP contribution in [-0.4, -0.2) is 33.3 Å². The Labute approximate surface area is 196 Å². The topological polar surface area (TPSA) is 114 Å². The molecule has 174 valence electrons. The van der Waals surface area contributed by atoms with Gasteiger partial charge in [-0.3, -0.25) is 4.79 Å². The molecule has 0 saturated heterocycles. The van der Waals surface area contributed by atoms with Crippen molar-refractivity contribution in [2.45, 2.75) is 44.9 Å². The van der Waals surface area contributed by atoms with Crippen LogP contribution in [0.1, 0.15) is 43.1 Å². The first-order valence-corrected chi connectivity index (χ1v) is 11.6. The van der Waals surface area contributed by atoms with Gasteiger partial charge in [0.2, 0.25) is 17.9 Å². The van der Waals surface area contributed by atoms with Crippen LogP contribution in [0, 0.1) is 6.92 Å². The molecule has 2 heterocycles. The van der Waals surface area contributed by atoms with E-state index in [-0.39, 0.29) is 19.3 Å². The minimum atomic E-state index is -0.117. The predicted octanol–water partition coefficient (Wildman–Crippen LogP) is 3.85. The van der Waals surface area contributed by atoms with Gasteiger partial charge in [-0.05, 0) is 42.2 Å². The molecule has 2 aromatic carbocycles. The summed E-state index contributed by atoms with van der Waals surface area (Å²) in [6.45, 7) is 6.68. The Morgan fingerprint density at radius 1 is 1.21 bits per heavy atom. The maximum Gasteiger partial charge on any atom is 0.231 e. The quantitative estimate of drug-likeness (QED) is 0.359. The van der Waals surface area contributed by atoms with E-state index in [0.717, 1.165) is 16.9 Å².